The number of aryl methyl sites for hydroxylation is 3. The second kappa shape index (κ2) is 2.87. The Morgan fingerprint density at radius 3 is 2.64 bits per heavy atom. The van der Waals surface area contributed by atoms with Crippen molar-refractivity contribution in [3.05, 3.63) is 27.8 Å². The molecule has 0 saturated heterocycles. The molecule has 1 N–H and O–H groups in total. The average Bonchev–Trinajstić information content (AvgIpc) is 2.60. The topological polar surface area (TPSA) is 63.8 Å². The van der Waals surface area contributed by atoms with Crippen molar-refractivity contribution >= 4 is 0 Å². The molecule has 0 atom stereocenters. The Kier molecular flexibility index (Phi) is 1.80. The number of rotatable bonds is 1. The van der Waals surface area contributed by atoms with Gasteiger partial charge in [-0.05, 0) is 13.8 Å². The predicted octanol–water partition coefficient (Wildman–Crippen LogP) is 0.985. The van der Waals surface area contributed by atoms with E-state index in [2.05, 4.69) is 10.3 Å². The van der Waals surface area contributed by atoms with E-state index in [4.69, 9.17) is 4.52 Å². The highest BCUT2D eigenvalue weighted by atomic mass is 16.5. The first-order chi connectivity index (χ1) is 6.59. The fraction of sp³-hybridized carbons (Fsp3) is 0.333. The van der Waals surface area contributed by atoms with E-state index in [9.17, 15) is 4.79 Å². The van der Waals surface area contributed by atoms with E-state index < -0.39 is 0 Å². The van der Waals surface area contributed by atoms with Gasteiger partial charge in [0.2, 0.25) is 0 Å². The van der Waals surface area contributed by atoms with Crippen LogP contribution in [0.5, 0.6) is 0 Å². The minimum absolute atomic E-state index is 0.0985. The fourth-order valence-corrected chi connectivity index (χ4v) is 1.46. The highest BCUT2D eigenvalue weighted by Gasteiger charge is 2.15. The van der Waals surface area contributed by atoms with Crippen LogP contribution in [0.4, 0.5) is 0 Å². The predicted molar refractivity (Wildman–Crippen MR) is 51.0 cm³/mol. The SMILES string of the molecule is Cc1cc(-c2c(C)[nH]n(C)c2=O)on1. The molecule has 5 nitrogen and oxygen atoms in total. The zero-order valence-electron chi connectivity index (χ0n) is 8.29. The molecule has 0 fully saturated rings. The summed E-state index contributed by atoms with van der Waals surface area (Å²) in [5.41, 5.74) is 2.00. The van der Waals surface area contributed by atoms with Crippen molar-refractivity contribution in [3.63, 3.8) is 0 Å². The van der Waals surface area contributed by atoms with Crippen LogP contribution in [0.3, 0.4) is 0 Å². The van der Waals surface area contributed by atoms with Gasteiger partial charge in [0.05, 0.1) is 5.69 Å². The second-order valence-corrected chi connectivity index (χ2v) is 3.31. The molecule has 2 aromatic rings. The standard InChI is InChI=1S/C9H11N3O2/c1-5-4-7(14-11-5)8-6(2)10-12(3)9(8)13/h4,10H,1-3H3. The van der Waals surface area contributed by atoms with Gasteiger partial charge in [0, 0.05) is 18.8 Å². The van der Waals surface area contributed by atoms with E-state index in [1.807, 2.05) is 13.8 Å². The summed E-state index contributed by atoms with van der Waals surface area (Å²) < 4.78 is 6.46. The summed E-state index contributed by atoms with van der Waals surface area (Å²) in [7, 11) is 1.67. The van der Waals surface area contributed by atoms with Crippen molar-refractivity contribution in [2.24, 2.45) is 7.05 Å². The molecule has 2 aromatic heterocycles. The third kappa shape index (κ3) is 1.17. The van der Waals surface area contributed by atoms with E-state index >= 15 is 0 Å². The lowest BCUT2D eigenvalue weighted by Crippen LogP contribution is -2.12. The molecule has 0 radical (unpaired) electrons. The molecule has 0 aliphatic heterocycles. The first-order valence-electron chi connectivity index (χ1n) is 4.29. The highest BCUT2D eigenvalue weighted by Crippen LogP contribution is 2.18. The Hall–Kier alpha value is -1.78. The lowest BCUT2D eigenvalue weighted by Gasteiger charge is -1.87. The van der Waals surface area contributed by atoms with Crippen LogP contribution in [0, 0.1) is 13.8 Å². The number of hydrogen-bond acceptors (Lipinski definition) is 3. The maximum atomic E-state index is 11.6. The molecule has 0 unspecified atom stereocenters. The summed E-state index contributed by atoms with van der Waals surface area (Å²) in [6, 6.07) is 1.75. The smallest absolute Gasteiger partial charge is 0.277 e. The largest absolute Gasteiger partial charge is 0.356 e. The first kappa shape index (κ1) is 8.80. The first-order valence-corrected chi connectivity index (χ1v) is 4.29. The minimum Gasteiger partial charge on any atom is -0.356 e. The van der Waals surface area contributed by atoms with Crippen molar-refractivity contribution in [1.29, 1.82) is 0 Å². The van der Waals surface area contributed by atoms with Gasteiger partial charge in [-0.1, -0.05) is 5.16 Å². The molecule has 0 aromatic carbocycles. The number of H-pyrrole nitrogens is 1. The number of aromatic amines is 1. The van der Waals surface area contributed by atoms with Gasteiger partial charge < -0.3 is 4.52 Å². The van der Waals surface area contributed by atoms with E-state index in [0.717, 1.165) is 11.4 Å². The van der Waals surface area contributed by atoms with Crippen LogP contribution in [-0.4, -0.2) is 14.9 Å². The zero-order valence-corrected chi connectivity index (χ0v) is 8.29. The van der Waals surface area contributed by atoms with Gasteiger partial charge in [-0.25, -0.2) is 0 Å². The van der Waals surface area contributed by atoms with Gasteiger partial charge in [-0.15, -0.1) is 0 Å². The highest BCUT2D eigenvalue weighted by molar-refractivity contribution is 5.58. The van der Waals surface area contributed by atoms with Gasteiger partial charge in [0.1, 0.15) is 5.56 Å². The molecule has 14 heavy (non-hydrogen) atoms. The van der Waals surface area contributed by atoms with Crippen LogP contribution in [0.1, 0.15) is 11.4 Å². The lowest BCUT2D eigenvalue weighted by atomic mass is 10.2. The lowest BCUT2D eigenvalue weighted by molar-refractivity contribution is 0.426. The number of nitrogens with one attached hydrogen (secondary N) is 1. The van der Waals surface area contributed by atoms with Gasteiger partial charge in [-0.3, -0.25) is 14.6 Å². The maximum Gasteiger partial charge on any atom is 0.277 e. The Bertz CT molecular complexity index is 518. The van der Waals surface area contributed by atoms with Crippen LogP contribution >= 0.6 is 0 Å². The summed E-state index contributed by atoms with van der Waals surface area (Å²) in [6.07, 6.45) is 0. The van der Waals surface area contributed by atoms with Gasteiger partial charge in [-0.2, -0.15) is 0 Å². The van der Waals surface area contributed by atoms with Gasteiger partial charge >= 0.3 is 0 Å². The van der Waals surface area contributed by atoms with Crippen LogP contribution in [0.2, 0.25) is 0 Å². The zero-order chi connectivity index (χ0) is 10.3. The quantitative estimate of drug-likeness (QED) is 0.734. The Morgan fingerprint density at radius 1 is 1.50 bits per heavy atom. The molecule has 2 rings (SSSR count). The van der Waals surface area contributed by atoms with Crippen LogP contribution in [0.25, 0.3) is 11.3 Å². The van der Waals surface area contributed by atoms with Crippen LogP contribution < -0.4 is 5.56 Å². The van der Waals surface area contributed by atoms with E-state index in [1.54, 1.807) is 13.1 Å². The molecule has 0 saturated carbocycles. The number of hydrogen-bond donors (Lipinski definition) is 1. The summed E-state index contributed by atoms with van der Waals surface area (Å²) in [5, 5.41) is 6.65. The molecule has 0 amide bonds. The molecule has 5 heteroatoms. The van der Waals surface area contributed by atoms with Gasteiger partial charge in [0.15, 0.2) is 5.76 Å². The Balaban J connectivity index is 2.67. The van der Waals surface area contributed by atoms with Gasteiger partial charge in [0.25, 0.3) is 5.56 Å². The second-order valence-electron chi connectivity index (χ2n) is 3.31. The van der Waals surface area contributed by atoms with E-state index in [0.29, 0.717) is 11.3 Å². The molecular formula is C9H11N3O2. The third-order valence-electron chi connectivity index (χ3n) is 2.10. The van der Waals surface area contributed by atoms with Crippen LogP contribution in [0.15, 0.2) is 15.4 Å². The average molecular weight is 193 g/mol. The molecule has 0 bridgehead atoms. The van der Waals surface area contributed by atoms with E-state index in [-0.39, 0.29) is 5.56 Å². The summed E-state index contributed by atoms with van der Waals surface area (Å²) in [6.45, 7) is 3.65. The molecule has 0 aliphatic carbocycles. The summed E-state index contributed by atoms with van der Waals surface area (Å²) in [5.74, 6) is 0.516. The molecule has 2 heterocycles. The summed E-state index contributed by atoms with van der Waals surface area (Å²) in [4.78, 5) is 11.6. The molecule has 74 valence electrons. The van der Waals surface area contributed by atoms with Crippen molar-refractivity contribution in [3.8, 4) is 11.3 Å². The van der Waals surface area contributed by atoms with E-state index in [1.165, 1.54) is 4.68 Å². The maximum absolute atomic E-state index is 11.6. The van der Waals surface area contributed by atoms with Crippen molar-refractivity contribution in [1.82, 2.24) is 14.9 Å². The van der Waals surface area contributed by atoms with Crippen molar-refractivity contribution in [2.75, 3.05) is 0 Å². The van der Waals surface area contributed by atoms with Crippen LogP contribution in [-0.2, 0) is 7.05 Å². The van der Waals surface area contributed by atoms with Crippen molar-refractivity contribution < 1.29 is 4.52 Å². The number of nitrogens with zero attached hydrogens (tertiary/aromatic N) is 2. The Morgan fingerprint density at radius 2 is 2.21 bits per heavy atom. The van der Waals surface area contributed by atoms with Crippen molar-refractivity contribution in [2.45, 2.75) is 13.8 Å². The minimum atomic E-state index is -0.0985. The molecule has 0 aliphatic rings. The monoisotopic (exact) mass is 193 g/mol. The molecular weight excluding hydrogens is 182 g/mol. The molecule has 0 spiro atoms. The Labute approximate surface area is 80.3 Å². The summed E-state index contributed by atoms with van der Waals surface area (Å²) >= 11 is 0. The normalized spacial score (nSPS) is 10.8. The number of aromatic nitrogens is 3. The fourth-order valence-electron chi connectivity index (χ4n) is 1.46. The third-order valence-corrected chi connectivity index (χ3v) is 2.10.